The summed E-state index contributed by atoms with van der Waals surface area (Å²) in [6, 6.07) is 5.07. The van der Waals surface area contributed by atoms with E-state index in [9.17, 15) is 9.59 Å². The Balaban J connectivity index is 2.88. The lowest BCUT2D eigenvalue weighted by molar-refractivity contribution is -0.117. The Morgan fingerprint density at radius 2 is 2.06 bits per heavy atom. The summed E-state index contributed by atoms with van der Waals surface area (Å²) in [5, 5.41) is 11.8. The molecule has 0 heterocycles. The zero-order valence-electron chi connectivity index (χ0n) is 11.0. The third-order valence-corrected chi connectivity index (χ3v) is 2.99. The average Bonchev–Trinajstić information content (AvgIpc) is 2.28. The summed E-state index contributed by atoms with van der Waals surface area (Å²) < 4.78 is 0. The Kier molecular flexibility index (Phi) is 4.89. The van der Waals surface area contributed by atoms with Crippen LogP contribution in [0.2, 0.25) is 0 Å². The molecular formula is C14H19NO3. The second-order valence-electron chi connectivity index (χ2n) is 4.57. The molecule has 0 aliphatic rings. The fourth-order valence-electron chi connectivity index (χ4n) is 1.72. The Bertz CT molecular complexity index is 454. The molecule has 1 atom stereocenters. The van der Waals surface area contributed by atoms with Crippen molar-refractivity contribution in [3.63, 3.8) is 0 Å². The number of carboxylic acids is 1. The number of nitrogens with one attached hydrogen (secondary N) is 1. The second-order valence-corrected chi connectivity index (χ2v) is 4.57. The molecule has 0 radical (unpaired) electrons. The van der Waals surface area contributed by atoms with Gasteiger partial charge in [0.2, 0.25) is 5.91 Å². The number of aromatic carboxylic acids is 1. The molecule has 18 heavy (non-hydrogen) atoms. The van der Waals surface area contributed by atoms with Crippen molar-refractivity contribution in [1.29, 1.82) is 0 Å². The van der Waals surface area contributed by atoms with Crippen LogP contribution in [0.4, 0.5) is 5.69 Å². The monoisotopic (exact) mass is 249 g/mol. The van der Waals surface area contributed by atoms with Crippen LogP contribution in [-0.4, -0.2) is 17.0 Å². The van der Waals surface area contributed by atoms with Crippen LogP contribution >= 0.6 is 0 Å². The molecule has 4 nitrogen and oxygen atoms in total. The molecule has 1 aromatic rings. The number of rotatable bonds is 5. The largest absolute Gasteiger partial charge is 0.478 e. The number of carbonyl (C=O) groups is 2. The minimum absolute atomic E-state index is 0.141. The molecule has 0 aliphatic carbocycles. The topological polar surface area (TPSA) is 66.4 Å². The van der Waals surface area contributed by atoms with Crippen LogP contribution in [0.3, 0.4) is 0 Å². The number of carbonyl (C=O) groups excluding carboxylic acids is 1. The molecule has 0 fully saturated rings. The van der Waals surface area contributed by atoms with Gasteiger partial charge in [-0.3, -0.25) is 4.79 Å². The molecule has 0 aliphatic heterocycles. The maximum Gasteiger partial charge on any atom is 0.338 e. The average molecular weight is 249 g/mol. The molecule has 1 rings (SSSR count). The highest BCUT2D eigenvalue weighted by Gasteiger charge is 2.15. The number of hydrogen-bond acceptors (Lipinski definition) is 2. The van der Waals surface area contributed by atoms with E-state index >= 15 is 0 Å². The van der Waals surface area contributed by atoms with Crippen molar-refractivity contribution in [3.8, 4) is 0 Å². The van der Waals surface area contributed by atoms with Gasteiger partial charge in [0.05, 0.1) is 11.3 Å². The maximum atomic E-state index is 11.8. The van der Waals surface area contributed by atoms with Crippen LogP contribution in [0.1, 0.15) is 42.6 Å². The first-order chi connectivity index (χ1) is 8.45. The quantitative estimate of drug-likeness (QED) is 0.842. The first-order valence-corrected chi connectivity index (χ1v) is 6.08. The zero-order valence-corrected chi connectivity index (χ0v) is 11.0. The summed E-state index contributed by atoms with van der Waals surface area (Å²) in [4.78, 5) is 22.9. The number of hydrogen-bond donors (Lipinski definition) is 2. The maximum absolute atomic E-state index is 11.8. The molecule has 1 amide bonds. The van der Waals surface area contributed by atoms with Gasteiger partial charge in [-0.1, -0.05) is 32.4 Å². The van der Waals surface area contributed by atoms with Crippen molar-refractivity contribution >= 4 is 17.6 Å². The molecule has 0 saturated carbocycles. The van der Waals surface area contributed by atoms with Gasteiger partial charge in [0.15, 0.2) is 0 Å². The molecule has 1 unspecified atom stereocenters. The van der Waals surface area contributed by atoms with Crippen molar-refractivity contribution in [1.82, 2.24) is 0 Å². The Hall–Kier alpha value is -1.84. The highest BCUT2D eigenvalue weighted by atomic mass is 16.4. The van der Waals surface area contributed by atoms with Crippen LogP contribution in [0.15, 0.2) is 18.2 Å². The number of benzene rings is 1. The fraction of sp³-hybridized carbons (Fsp3) is 0.429. The van der Waals surface area contributed by atoms with Gasteiger partial charge in [-0.05, 0) is 24.5 Å². The molecule has 0 aromatic heterocycles. The van der Waals surface area contributed by atoms with Gasteiger partial charge >= 0.3 is 5.97 Å². The van der Waals surface area contributed by atoms with E-state index in [4.69, 9.17) is 5.11 Å². The Morgan fingerprint density at radius 1 is 1.39 bits per heavy atom. The lowest BCUT2D eigenvalue weighted by Gasteiger charge is -2.12. The first-order valence-electron chi connectivity index (χ1n) is 6.08. The molecular weight excluding hydrogens is 230 g/mol. The number of carboxylic acid groups (broad SMARTS) is 1. The molecule has 4 heteroatoms. The minimum atomic E-state index is -1.02. The highest BCUT2D eigenvalue weighted by Crippen LogP contribution is 2.20. The van der Waals surface area contributed by atoms with E-state index in [0.29, 0.717) is 23.6 Å². The van der Waals surface area contributed by atoms with E-state index in [1.807, 2.05) is 13.8 Å². The van der Waals surface area contributed by atoms with Gasteiger partial charge in [0.1, 0.15) is 0 Å². The molecule has 2 N–H and O–H groups in total. The Labute approximate surface area is 107 Å². The van der Waals surface area contributed by atoms with E-state index in [1.165, 1.54) is 0 Å². The van der Waals surface area contributed by atoms with Gasteiger partial charge in [0.25, 0.3) is 0 Å². The van der Waals surface area contributed by atoms with Crippen LogP contribution < -0.4 is 5.32 Å². The van der Waals surface area contributed by atoms with E-state index in [1.54, 1.807) is 25.1 Å². The van der Waals surface area contributed by atoms with Gasteiger partial charge < -0.3 is 10.4 Å². The van der Waals surface area contributed by atoms with Gasteiger partial charge in [-0.25, -0.2) is 4.79 Å². The standard InChI is InChI=1S/C14H19NO3/c1-4-9(2)8-12(16)15-11-7-5-6-10(3)13(11)14(17)18/h5-7,9H,4,8H2,1-3H3,(H,15,16)(H,17,18). The predicted molar refractivity (Wildman–Crippen MR) is 70.8 cm³/mol. The van der Waals surface area contributed by atoms with Crippen molar-refractivity contribution in [2.24, 2.45) is 5.92 Å². The SMILES string of the molecule is CCC(C)CC(=O)Nc1cccc(C)c1C(=O)O. The summed E-state index contributed by atoms with van der Waals surface area (Å²) in [7, 11) is 0. The van der Waals surface area contributed by atoms with Crippen molar-refractivity contribution in [2.75, 3.05) is 5.32 Å². The van der Waals surface area contributed by atoms with Crippen molar-refractivity contribution in [2.45, 2.75) is 33.6 Å². The number of amides is 1. The van der Waals surface area contributed by atoms with Crippen LogP contribution in [0.25, 0.3) is 0 Å². The first kappa shape index (κ1) is 14.2. The summed E-state index contributed by atoms with van der Waals surface area (Å²) in [5.74, 6) is -0.868. The lowest BCUT2D eigenvalue weighted by atomic mass is 10.0. The minimum Gasteiger partial charge on any atom is -0.478 e. The zero-order chi connectivity index (χ0) is 13.7. The fourth-order valence-corrected chi connectivity index (χ4v) is 1.72. The van der Waals surface area contributed by atoms with E-state index in [-0.39, 0.29) is 11.5 Å². The van der Waals surface area contributed by atoms with Gasteiger partial charge in [-0.2, -0.15) is 0 Å². The Morgan fingerprint density at radius 3 is 2.61 bits per heavy atom. The number of anilines is 1. The van der Waals surface area contributed by atoms with E-state index in [0.717, 1.165) is 6.42 Å². The predicted octanol–water partition coefficient (Wildman–Crippen LogP) is 3.07. The summed E-state index contributed by atoms with van der Waals surface area (Å²) in [6.07, 6.45) is 1.33. The van der Waals surface area contributed by atoms with E-state index < -0.39 is 5.97 Å². The van der Waals surface area contributed by atoms with E-state index in [2.05, 4.69) is 5.32 Å². The summed E-state index contributed by atoms with van der Waals surface area (Å²) >= 11 is 0. The second kappa shape index (κ2) is 6.19. The molecule has 0 saturated heterocycles. The third-order valence-electron chi connectivity index (χ3n) is 2.99. The lowest BCUT2D eigenvalue weighted by Crippen LogP contribution is -2.17. The van der Waals surface area contributed by atoms with Crippen molar-refractivity contribution < 1.29 is 14.7 Å². The highest BCUT2D eigenvalue weighted by molar-refractivity contribution is 6.01. The summed E-state index contributed by atoms with van der Waals surface area (Å²) in [5.41, 5.74) is 1.18. The van der Waals surface area contributed by atoms with Crippen LogP contribution in [0.5, 0.6) is 0 Å². The van der Waals surface area contributed by atoms with Gasteiger partial charge in [-0.15, -0.1) is 0 Å². The van der Waals surface area contributed by atoms with Crippen LogP contribution in [-0.2, 0) is 4.79 Å². The molecule has 1 aromatic carbocycles. The normalized spacial score (nSPS) is 11.9. The smallest absolute Gasteiger partial charge is 0.338 e. The van der Waals surface area contributed by atoms with Crippen molar-refractivity contribution in [3.05, 3.63) is 29.3 Å². The molecule has 0 spiro atoms. The summed E-state index contributed by atoms with van der Waals surface area (Å²) in [6.45, 7) is 5.73. The van der Waals surface area contributed by atoms with Gasteiger partial charge in [0, 0.05) is 6.42 Å². The number of aryl methyl sites for hydroxylation is 1. The molecule has 0 bridgehead atoms. The third kappa shape index (κ3) is 3.58. The van der Waals surface area contributed by atoms with Crippen LogP contribution in [0, 0.1) is 12.8 Å². The molecule has 98 valence electrons.